The van der Waals surface area contributed by atoms with Gasteiger partial charge >= 0.3 is 0 Å². The largest absolute Gasteiger partial charge is 0.494 e. The molecule has 2 aromatic carbocycles. The standard InChI is InChI=1S/C21H25NO3S/c1-4-24-19-10-17-8-14(2)25-20(17)11-18(19)12-22-21(23)16-7-5-6-15(9-16)13-26-3/h5-7,9-11,14H,4,8,12-13H2,1-3H3,(H,22,23)/t14-/m0/s1. The van der Waals surface area contributed by atoms with Crippen molar-refractivity contribution in [1.29, 1.82) is 0 Å². The van der Waals surface area contributed by atoms with Crippen LogP contribution in [0.3, 0.4) is 0 Å². The molecule has 3 rings (SSSR count). The summed E-state index contributed by atoms with van der Waals surface area (Å²) in [5.74, 6) is 2.54. The van der Waals surface area contributed by atoms with Crippen molar-refractivity contribution in [2.45, 2.75) is 38.7 Å². The predicted octanol–water partition coefficient (Wildman–Crippen LogP) is 4.20. The first-order chi connectivity index (χ1) is 12.6. The van der Waals surface area contributed by atoms with Crippen LogP contribution in [-0.4, -0.2) is 24.9 Å². The maximum absolute atomic E-state index is 12.5. The average Bonchev–Trinajstić information content (AvgIpc) is 2.99. The van der Waals surface area contributed by atoms with Crippen molar-refractivity contribution in [2.75, 3.05) is 12.9 Å². The molecule has 4 nitrogen and oxygen atoms in total. The van der Waals surface area contributed by atoms with Crippen LogP contribution in [0.2, 0.25) is 0 Å². The van der Waals surface area contributed by atoms with Gasteiger partial charge in [0.05, 0.1) is 6.61 Å². The zero-order chi connectivity index (χ0) is 18.5. The zero-order valence-electron chi connectivity index (χ0n) is 15.5. The highest BCUT2D eigenvalue weighted by Crippen LogP contribution is 2.35. The Hall–Kier alpha value is -2.14. The highest BCUT2D eigenvalue weighted by atomic mass is 32.2. The molecule has 0 radical (unpaired) electrons. The number of rotatable bonds is 7. The van der Waals surface area contributed by atoms with Gasteiger partial charge in [0.2, 0.25) is 0 Å². The van der Waals surface area contributed by atoms with Crippen LogP contribution in [-0.2, 0) is 18.7 Å². The fraction of sp³-hybridized carbons (Fsp3) is 0.381. The van der Waals surface area contributed by atoms with Gasteiger partial charge < -0.3 is 14.8 Å². The number of hydrogen-bond donors (Lipinski definition) is 1. The van der Waals surface area contributed by atoms with E-state index >= 15 is 0 Å². The molecule has 0 bridgehead atoms. The lowest BCUT2D eigenvalue weighted by molar-refractivity contribution is 0.0950. The number of carbonyl (C=O) groups excluding carboxylic acids is 1. The summed E-state index contributed by atoms with van der Waals surface area (Å²) in [7, 11) is 0. The first kappa shape index (κ1) is 18.6. The Labute approximate surface area is 159 Å². The summed E-state index contributed by atoms with van der Waals surface area (Å²) >= 11 is 1.74. The third kappa shape index (κ3) is 4.33. The molecule has 0 unspecified atom stereocenters. The van der Waals surface area contributed by atoms with Crippen molar-refractivity contribution in [3.63, 3.8) is 0 Å². The van der Waals surface area contributed by atoms with Crippen molar-refractivity contribution in [3.8, 4) is 11.5 Å². The summed E-state index contributed by atoms with van der Waals surface area (Å²) in [6.07, 6.45) is 3.13. The van der Waals surface area contributed by atoms with E-state index < -0.39 is 0 Å². The van der Waals surface area contributed by atoms with Gasteiger partial charge in [0.15, 0.2) is 0 Å². The van der Waals surface area contributed by atoms with Gasteiger partial charge in [-0.15, -0.1) is 0 Å². The number of hydrogen-bond acceptors (Lipinski definition) is 4. The molecule has 1 atom stereocenters. The van der Waals surface area contributed by atoms with Crippen LogP contribution in [0.15, 0.2) is 36.4 Å². The Bertz CT molecular complexity index is 791. The van der Waals surface area contributed by atoms with E-state index in [1.807, 2.05) is 43.3 Å². The van der Waals surface area contributed by atoms with Gasteiger partial charge in [0.25, 0.3) is 5.91 Å². The quantitative estimate of drug-likeness (QED) is 0.792. The van der Waals surface area contributed by atoms with E-state index in [1.165, 1.54) is 5.56 Å². The third-order valence-electron chi connectivity index (χ3n) is 4.32. The van der Waals surface area contributed by atoms with Crippen LogP contribution in [0.5, 0.6) is 11.5 Å². The van der Waals surface area contributed by atoms with Gasteiger partial charge in [-0.3, -0.25) is 4.79 Å². The van der Waals surface area contributed by atoms with Crippen LogP contribution in [0.4, 0.5) is 0 Å². The lowest BCUT2D eigenvalue weighted by Gasteiger charge is -2.13. The fourth-order valence-electron chi connectivity index (χ4n) is 3.16. The maximum Gasteiger partial charge on any atom is 0.251 e. The summed E-state index contributed by atoms with van der Waals surface area (Å²) in [5, 5.41) is 3.00. The SMILES string of the molecule is CCOc1cc2c(cc1CNC(=O)c1cccc(CSC)c1)O[C@@H](C)C2. The third-order valence-corrected chi connectivity index (χ3v) is 4.94. The Balaban J connectivity index is 1.73. The first-order valence-corrected chi connectivity index (χ1v) is 10.3. The predicted molar refractivity (Wildman–Crippen MR) is 106 cm³/mol. The molecule has 5 heteroatoms. The number of carbonyl (C=O) groups is 1. The molecule has 0 fully saturated rings. The molecule has 0 aliphatic carbocycles. The molecule has 26 heavy (non-hydrogen) atoms. The first-order valence-electron chi connectivity index (χ1n) is 8.92. The summed E-state index contributed by atoms with van der Waals surface area (Å²) in [6.45, 7) is 5.02. The van der Waals surface area contributed by atoms with E-state index in [0.29, 0.717) is 18.7 Å². The highest BCUT2D eigenvalue weighted by molar-refractivity contribution is 7.97. The van der Waals surface area contributed by atoms with Crippen LogP contribution >= 0.6 is 11.8 Å². The van der Waals surface area contributed by atoms with Gasteiger partial charge in [0.1, 0.15) is 17.6 Å². The minimum absolute atomic E-state index is 0.0785. The number of fused-ring (bicyclic) bond motifs is 1. The molecule has 0 aromatic heterocycles. The molecular formula is C21H25NO3S. The Morgan fingerprint density at radius 3 is 2.96 bits per heavy atom. The average molecular weight is 372 g/mol. The van der Waals surface area contributed by atoms with Crippen molar-refractivity contribution in [1.82, 2.24) is 5.32 Å². The normalized spacial score (nSPS) is 15.3. The minimum atomic E-state index is -0.0785. The van der Waals surface area contributed by atoms with Crippen molar-refractivity contribution in [2.24, 2.45) is 0 Å². The van der Waals surface area contributed by atoms with Crippen LogP contribution in [0, 0.1) is 0 Å². The molecule has 1 amide bonds. The van der Waals surface area contributed by atoms with Crippen molar-refractivity contribution in [3.05, 3.63) is 58.7 Å². The number of nitrogens with one attached hydrogen (secondary N) is 1. The second-order valence-electron chi connectivity index (χ2n) is 6.45. The Morgan fingerprint density at radius 1 is 1.35 bits per heavy atom. The van der Waals surface area contributed by atoms with E-state index in [0.717, 1.165) is 34.8 Å². The van der Waals surface area contributed by atoms with E-state index in [-0.39, 0.29) is 12.0 Å². The van der Waals surface area contributed by atoms with Crippen LogP contribution < -0.4 is 14.8 Å². The Morgan fingerprint density at radius 2 is 2.19 bits per heavy atom. The van der Waals surface area contributed by atoms with Gasteiger partial charge in [-0.1, -0.05) is 12.1 Å². The number of ether oxygens (including phenoxy) is 2. The molecule has 1 aliphatic heterocycles. The summed E-state index contributed by atoms with van der Waals surface area (Å²) in [6, 6.07) is 11.8. The maximum atomic E-state index is 12.5. The van der Waals surface area contributed by atoms with E-state index in [9.17, 15) is 4.79 Å². The molecule has 0 saturated heterocycles. The second kappa shape index (κ2) is 8.49. The van der Waals surface area contributed by atoms with Gasteiger partial charge in [-0.05, 0) is 49.9 Å². The molecule has 0 saturated carbocycles. The summed E-state index contributed by atoms with van der Waals surface area (Å²) in [5.41, 5.74) is 3.94. The highest BCUT2D eigenvalue weighted by Gasteiger charge is 2.22. The molecule has 1 aliphatic rings. The zero-order valence-corrected chi connectivity index (χ0v) is 16.3. The molecular weight excluding hydrogens is 346 g/mol. The van der Waals surface area contributed by atoms with Gasteiger partial charge in [-0.2, -0.15) is 11.8 Å². The summed E-state index contributed by atoms with van der Waals surface area (Å²) in [4.78, 5) is 12.5. The van der Waals surface area contributed by atoms with Gasteiger partial charge in [0, 0.05) is 35.4 Å². The minimum Gasteiger partial charge on any atom is -0.494 e. The number of benzene rings is 2. The van der Waals surface area contributed by atoms with Gasteiger partial charge in [-0.25, -0.2) is 0 Å². The van der Waals surface area contributed by atoms with E-state index in [1.54, 1.807) is 11.8 Å². The smallest absolute Gasteiger partial charge is 0.251 e. The monoisotopic (exact) mass is 371 g/mol. The van der Waals surface area contributed by atoms with Crippen LogP contribution in [0.25, 0.3) is 0 Å². The van der Waals surface area contributed by atoms with E-state index in [2.05, 4.69) is 18.5 Å². The molecule has 138 valence electrons. The summed E-state index contributed by atoms with van der Waals surface area (Å²) < 4.78 is 11.6. The second-order valence-corrected chi connectivity index (χ2v) is 7.32. The fourth-order valence-corrected chi connectivity index (χ4v) is 3.67. The van der Waals surface area contributed by atoms with Crippen LogP contribution in [0.1, 0.15) is 40.9 Å². The van der Waals surface area contributed by atoms with Crippen molar-refractivity contribution >= 4 is 17.7 Å². The molecule has 0 spiro atoms. The lowest BCUT2D eigenvalue weighted by atomic mass is 10.1. The topological polar surface area (TPSA) is 47.6 Å². The molecule has 2 aromatic rings. The number of thioether (sulfide) groups is 1. The lowest BCUT2D eigenvalue weighted by Crippen LogP contribution is -2.23. The Kier molecular flexibility index (Phi) is 6.09. The molecule has 1 heterocycles. The number of amides is 1. The van der Waals surface area contributed by atoms with Crippen molar-refractivity contribution < 1.29 is 14.3 Å². The molecule has 1 N–H and O–H groups in total. The van der Waals surface area contributed by atoms with E-state index in [4.69, 9.17) is 9.47 Å².